The molecule has 1 heterocycles. The summed E-state index contributed by atoms with van der Waals surface area (Å²) in [5.74, 6) is -2.53. The first-order valence-corrected chi connectivity index (χ1v) is 14.9. The predicted octanol–water partition coefficient (Wildman–Crippen LogP) is 5.67. The number of benzene rings is 3. The fourth-order valence-corrected chi connectivity index (χ4v) is 6.42. The monoisotopic (exact) mass is 662 g/mol. The maximum atomic E-state index is 13.3. The van der Waals surface area contributed by atoms with Crippen molar-refractivity contribution in [3.05, 3.63) is 102 Å². The predicted molar refractivity (Wildman–Crippen MR) is 164 cm³/mol. The summed E-state index contributed by atoms with van der Waals surface area (Å²) in [6, 6.07) is 12.0. The topological polar surface area (TPSA) is 128 Å². The minimum Gasteiger partial charge on any atom is -0.480 e. The summed E-state index contributed by atoms with van der Waals surface area (Å²) in [5.41, 5.74) is 3.50. The molecule has 2 aliphatic rings. The van der Waals surface area contributed by atoms with Crippen LogP contribution in [0.5, 0.6) is 0 Å². The van der Waals surface area contributed by atoms with Gasteiger partial charge in [-0.05, 0) is 59.7 Å². The first-order valence-electron chi connectivity index (χ1n) is 13.4. The number of aryl methyl sites for hydroxylation is 1. The molecule has 0 radical (unpaired) electrons. The summed E-state index contributed by atoms with van der Waals surface area (Å²) in [5, 5.41) is 18.1. The van der Waals surface area contributed by atoms with E-state index in [4.69, 9.17) is 46.4 Å². The quantitative estimate of drug-likeness (QED) is 0.247. The van der Waals surface area contributed by atoms with Crippen LogP contribution in [0, 0.1) is 0 Å². The van der Waals surface area contributed by atoms with E-state index in [1.807, 2.05) is 24.3 Å². The molecule has 43 heavy (non-hydrogen) atoms. The van der Waals surface area contributed by atoms with Gasteiger partial charge >= 0.3 is 12.0 Å². The molecule has 4 amide bonds. The van der Waals surface area contributed by atoms with Crippen molar-refractivity contribution in [2.45, 2.75) is 37.9 Å². The fraction of sp³-hybridized carbons (Fsp3) is 0.267. The summed E-state index contributed by atoms with van der Waals surface area (Å²) in [6.07, 6.45) is 1.90. The van der Waals surface area contributed by atoms with Crippen molar-refractivity contribution in [1.82, 2.24) is 20.9 Å². The summed E-state index contributed by atoms with van der Waals surface area (Å²) in [6.45, 7) is 0.209. The third-order valence-electron chi connectivity index (χ3n) is 7.56. The summed E-state index contributed by atoms with van der Waals surface area (Å²) >= 11 is 25.1. The lowest BCUT2D eigenvalue weighted by molar-refractivity contribution is -0.139. The van der Waals surface area contributed by atoms with Crippen molar-refractivity contribution in [3.63, 3.8) is 0 Å². The molecular formula is C30H26Cl4N4O5. The molecule has 9 nitrogen and oxygen atoms in total. The molecule has 0 fully saturated rings. The lowest BCUT2D eigenvalue weighted by atomic mass is 9.95. The van der Waals surface area contributed by atoms with E-state index in [0.717, 1.165) is 29.5 Å². The molecule has 0 aromatic heterocycles. The third-order valence-corrected chi connectivity index (χ3v) is 9.02. The van der Waals surface area contributed by atoms with E-state index in [1.165, 1.54) is 6.07 Å². The molecule has 224 valence electrons. The molecule has 5 rings (SSSR count). The molecule has 13 heteroatoms. The SMILES string of the molecule is O=C(NC[C@H](NC(=O)c1c(Cl)cc2c(c1Cl)CCN(Cc1ccc(Cl)c(Cl)c1)C2=O)C(=O)O)N[C@@H]1CCc2ccccc21. The zero-order chi connectivity index (χ0) is 30.8. The highest BCUT2D eigenvalue weighted by Crippen LogP contribution is 2.35. The minimum atomic E-state index is -1.47. The van der Waals surface area contributed by atoms with E-state index in [1.54, 1.807) is 23.1 Å². The second-order valence-corrected chi connectivity index (χ2v) is 11.9. The Morgan fingerprint density at radius 1 is 0.977 bits per heavy atom. The van der Waals surface area contributed by atoms with E-state index in [-0.39, 0.29) is 46.2 Å². The largest absolute Gasteiger partial charge is 0.480 e. The Bertz CT molecular complexity index is 1630. The maximum absolute atomic E-state index is 13.3. The maximum Gasteiger partial charge on any atom is 0.328 e. The Morgan fingerprint density at radius 2 is 1.74 bits per heavy atom. The number of hydrogen-bond acceptors (Lipinski definition) is 4. The molecule has 3 aromatic rings. The van der Waals surface area contributed by atoms with Crippen LogP contribution in [0.2, 0.25) is 20.1 Å². The van der Waals surface area contributed by atoms with Crippen LogP contribution in [0.1, 0.15) is 55.4 Å². The van der Waals surface area contributed by atoms with Gasteiger partial charge in [0.2, 0.25) is 0 Å². The van der Waals surface area contributed by atoms with Gasteiger partial charge in [-0.1, -0.05) is 76.7 Å². The number of fused-ring (bicyclic) bond motifs is 2. The molecular weight excluding hydrogens is 638 g/mol. The number of nitrogens with one attached hydrogen (secondary N) is 3. The number of amides is 4. The van der Waals surface area contributed by atoms with E-state index >= 15 is 0 Å². The Hall–Kier alpha value is -3.50. The van der Waals surface area contributed by atoms with Crippen LogP contribution in [-0.4, -0.2) is 53.0 Å². The van der Waals surface area contributed by atoms with Gasteiger partial charge in [0, 0.05) is 18.7 Å². The lowest BCUT2D eigenvalue weighted by Gasteiger charge is -2.30. The second-order valence-electron chi connectivity index (χ2n) is 10.3. The molecule has 0 saturated heterocycles. The van der Waals surface area contributed by atoms with Crippen LogP contribution in [-0.2, 0) is 24.2 Å². The van der Waals surface area contributed by atoms with Crippen LogP contribution in [0.25, 0.3) is 0 Å². The van der Waals surface area contributed by atoms with Gasteiger partial charge in [-0.2, -0.15) is 0 Å². The number of aliphatic carboxylic acids is 1. The van der Waals surface area contributed by atoms with Crippen molar-refractivity contribution in [2.75, 3.05) is 13.1 Å². The summed E-state index contributed by atoms with van der Waals surface area (Å²) < 4.78 is 0. The molecule has 0 saturated carbocycles. The summed E-state index contributed by atoms with van der Waals surface area (Å²) in [7, 11) is 0. The number of carboxylic acid groups (broad SMARTS) is 1. The number of carboxylic acids is 1. The first kappa shape index (κ1) is 30.9. The van der Waals surface area contributed by atoms with Crippen LogP contribution in [0.4, 0.5) is 4.79 Å². The van der Waals surface area contributed by atoms with E-state index < -0.39 is 23.9 Å². The number of halogens is 4. The van der Waals surface area contributed by atoms with E-state index in [2.05, 4.69) is 16.0 Å². The number of carbonyl (C=O) groups is 4. The first-order chi connectivity index (χ1) is 20.5. The van der Waals surface area contributed by atoms with Gasteiger partial charge in [-0.25, -0.2) is 9.59 Å². The van der Waals surface area contributed by atoms with Gasteiger partial charge in [0.15, 0.2) is 0 Å². The third kappa shape index (κ3) is 6.70. The van der Waals surface area contributed by atoms with Gasteiger partial charge in [-0.3, -0.25) is 9.59 Å². The Kier molecular flexibility index (Phi) is 9.36. The van der Waals surface area contributed by atoms with Gasteiger partial charge in [0.1, 0.15) is 6.04 Å². The van der Waals surface area contributed by atoms with Gasteiger partial charge < -0.3 is 26.0 Å². The Morgan fingerprint density at radius 3 is 2.49 bits per heavy atom. The lowest BCUT2D eigenvalue weighted by Crippen LogP contribution is -2.50. The van der Waals surface area contributed by atoms with Crippen LogP contribution >= 0.6 is 46.4 Å². The molecule has 1 aliphatic heterocycles. The molecule has 1 aliphatic carbocycles. The normalized spacial score (nSPS) is 16.2. The van der Waals surface area contributed by atoms with Crippen molar-refractivity contribution < 1.29 is 24.3 Å². The highest BCUT2D eigenvalue weighted by molar-refractivity contribution is 6.42. The molecule has 0 bridgehead atoms. The minimum absolute atomic E-state index is 0.0303. The van der Waals surface area contributed by atoms with E-state index in [9.17, 15) is 24.3 Å². The molecule has 2 atom stereocenters. The van der Waals surface area contributed by atoms with Gasteiger partial charge in [0.05, 0.1) is 38.2 Å². The number of carbonyl (C=O) groups excluding carboxylic acids is 3. The number of nitrogens with zero attached hydrogens (tertiary/aromatic N) is 1. The highest BCUT2D eigenvalue weighted by Gasteiger charge is 2.32. The van der Waals surface area contributed by atoms with Crippen molar-refractivity contribution >= 4 is 70.2 Å². The van der Waals surface area contributed by atoms with E-state index in [0.29, 0.717) is 28.6 Å². The Labute approximate surface area is 267 Å². The van der Waals surface area contributed by atoms with Gasteiger partial charge in [0.25, 0.3) is 11.8 Å². The molecule has 3 aromatic carbocycles. The second kappa shape index (κ2) is 13.0. The smallest absolute Gasteiger partial charge is 0.328 e. The molecule has 0 unspecified atom stereocenters. The fourth-order valence-electron chi connectivity index (χ4n) is 5.37. The highest BCUT2D eigenvalue weighted by atomic mass is 35.5. The van der Waals surface area contributed by atoms with Crippen LogP contribution < -0.4 is 16.0 Å². The van der Waals surface area contributed by atoms with Crippen molar-refractivity contribution in [2.24, 2.45) is 0 Å². The zero-order valence-corrected chi connectivity index (χ0v) is 25.6. The van der Waals surface area contributed by atoms with Crippen molar-refractivity contribution in [1.29, 1.82) is 0 Å². The Balaban J connectivity index is 1.24. The van der Waals surface area contributed by atoms with Crippen molar-refractivity contribution in [3.8, 4) is 0 Å². The molecule has 0 spiro atoms. The number of rotatable bonds is 8. The molecule has 4 N–H and O–H groups in total. The number of urea groups is 1. The van der Waals surface area contributed by atoms with Crippen LogP contribution in [0.3, 0.4) is 0 Å². The van der Waals surface area contributed by atoms with Gasteiger partial charge in [-0.15, -0.1) is 0 Å². The summed E-state index contributed by atoms with van der Waals surface area (Å²) in [4.78, 5) is 52.6. The number of hydrogen-bond donors (Lipinski definition) is 4. The average molecular weight is 664 g/mol. The standard InChI is InChI=1S/C30H26Cl4N4O5/c31-20-7-5-15(11-21(20)32)14-38-10-9-18-19(28(38)40)12-22(33)25(26(18)34)27(39)36-24(29(41)42)13-35-30(43)37-23-8-6-16-3-1-2-4-17(16)23/h1-5,7,11-12,23-24H,6,8-10,13-14H2,(H,36,39)(H,41,42)(H2,35,37,43)/t23-,24+/m1/s1. The average Bonchev–Trinajstić information content (AvgIpc) is 3.37. The van der Waals surface area contributed by atoms with Crippen LogP contribution in [0.15, 0.2) is 48.5 Å². The zero-order valence-electron chi connectivity index (χ0n) is 22.6.